The first kappa shape index (κ1) is 13.9. The highest BCUT2D eigenvalue weighted by Crippen LogP contribution is 2.05. The summed E-state index contributed by atoms with van der Waals surface area (Å²) in [6, 6.07) is 2.15. The van der Waals surface area contributed by atoms with Gasteiger partial charge in [-0.15, -0.1) is 0 Å². The molecule has 1 amide bonds. The molecule has 1 N–H and O–H groups in total. The van der Waals surface area contributed by atoms with Gasteiger partial charge in [-0.3, -0.25) is 9.69 Å². The molecule has 0 aliphatic carbocycles. The van der Waals surface area contributed by atoms with E-state index in [1.165, 1.54) is 0 Å². The number of nitrogens with zero attached hydrogens (tertiary/aromatic N) is 3. The zero-order valence-corrected chi connectivity index (χ0v) is 10.6. The van der Waals surface area contributed by atoms with Gasteiger partial charge in [-0.05, 0) is 20.0 Å². The molecule has 0 atom stereocenters. The zero-order valence-electron chi connectivity index (χ0n) is 10.6. The van der Waals surface area contributed by atoms with Gasteiger partial charge in [0, 0.05) is 45.6 Å². The van der Waals surface area contributed by atoms with Crippen molar-refractivity contribution in [2.24, 2.45) is 0 Å². The van der Waals surface area contributed by atoms with Crippen LogP contribution in [0.4, 0.5) is 0 Å². The lowest BCUT2D eigenvalue weighted by Gasteiger charge is -2.34. The molecular formula is C12H22N4O. The maximum atomic E-state index is 11.8. The van der Waals surface area contributed by atoms with Crippen LogP contribution in [-0.4, -0.2) is 62.0 Å². The fraction of sp³-hybridized carbons (Fsp3) is 0.833. The Bertz CT molecular complexity index is 266. The summed E-state index contributed by atoms with van der Waals surface area (Å²) in [4.78, 5) is 16.0. The SMILES string of the molecule is CNCCCC(=O)N1CCN(CCC#N)CC1. The Kier molecular flexibility index (Phi) is 6.60. The molecule has 1 fully saturated rings. The molecule has 1 aliphatic rings. The Balaban J connectivity index is 2.17. The van der Waals surface area contributed by atoms with Crippen molar-refractivity contribution >= 4 is 5.91 Å². The van der Waals surface area contributed by atoms with Crippen molar-refractivity contribution in [3.63, 3.8) is 0 Å². The second-order valence-corrected chi connectivity index (χ2v) is 4.34. The Morgan fingerprint density at radius 3 is 2.65 bits per heavy atom. The third-order valence-electron chi connectivity index (χ3n) is 3.08. The van der Waals surface area contributed by atoms with Gasteiger partial charge in [0.25, 0.3) is 0 Å². The molecule has 5 heteroatoms. The topological polar surface area (TPSA) is 59.4 Å². The molecule has 1 aliphatic heterocycles. The zero-order chi connectivity index (χ0) is 12.5. The van der Waals surface area contributed by atoms with Gasteiger partial charge in [0.1, 0.15) is 0 Å². The van der Waals surface area contributed by atoms with Gasteiger partial charge < -0.3 is 10.2 Å². The van der Waals surface area contributed by atoms with Crippen molar-refractivity contribution in [3.05, 3.63) is 0 Å². The molecule has 0 unspecified atom stereocenters. The van der Waals surface area contributed by atoms with E-state index in [4.69, 9.17) is 5.26 Å². The predicted molar refractivity (Wildman–Crippen MR) is 66.4 cm³/mol. The third-order valence-corrected chi connectivity index (χ3v) is 3.08. The largest absolute Gasteiger partial charge is 0.340 e. The molecule has 96 valence electrons. The molecule has 0 aromatic rings. The molecule has 0 radical (unpaired) electrons. The van der Waals surface area contributed by atoms with Gasteiger partial charge in [-0.25, -0.2) is 0 Å². The van der Waals surface area contributed by atoms with Gasteiger partial charge in [-0.2, -0.15) is 5.26 Å². The smallest absolute Gasteiger partial charge is 0.222 e. The summed E-state index contributed by atoms with van der Waals surface area (Å²) in [7, 11) is 1.90. The molecule has 0 spiro atoms. The van der Waals surface area contributed by atoms with E-state index in [1.807, 2.05) is 11.9 Å². The van der Waals surface area contributed by atoms with E-state index in [0.29, 0.717) is 12.8 Å². The van der Waals surface area contributed by atoms with Crippen molar-refractivity contribution in [2.45, 2.75) is 19.3 Å². The predicted octanol–water partition coefficient (Wildman–Crippen LogP) is 0.0439. The number of amides is 1. The summed E-state index contributed by atoms with van der Waals surface area (Å²) < 4.78 is 0. The first-order valence-electron chi connectivity index (χ1n) is 6.29. The van der Waals surface area contributed by atoms with Gasteiger partial charge >= 0.3 is 0 Å². The number of nitrogens with one attached hydrogen (secondary N) is 1. The van der Waals surface area contributed by atoms with E-state index in [2.05, 4.69) is 16.3 Å². The van der Waals surface area contributed by atoms with Crippen LogP contribution in [0, 0.1) is 11.3 Å². The molecule has 1 saturated heterocycles. The molecule has 0 bridgehead atoms. The van der Waals surface area contributed by atoms with Gasteiger partial charge in [0.2, 0.25) is 5.91 Å². The quantitative estimate of drug-likeness (QED) is 0.664. The van der Waals surface area contributed by atoms with Gasteiger partial charge in [0.05, 0.1) is 6.07 Å². The molecule has 5 nitrogen and oxygen atoms in total. The van der Waals surface area contributed by atoms with Crippen LogP contribution in [0.5, 0.6) is 0 Å². The third kappa shape index (κ3) is 5.16. The fourth-order valence-corrected chi connectivity index (χ4v) is 2.00. The summed E-state index contributed by atoms with van der Waals surface area (Å²) in [6.45, 7) is 5.15. The number of nitriles is 1. The maximum absolute atomic E-state index is 11.8. The first-order valence-corrected chi connectivity index (χ1v) is 6.29. The van der Waals surface area contributed by atoms with Crippen molar-refractivity contribution in [1.82, 2.24) is 15.1 Å². The van der Waals surface area contributed by atoms with Gasteiger partial charge in [-0.1, -0.05) is 0 Å². The molecule has 1 heterocycles. The number of carbonyl (C=O) groups excluding carboxylic acids is 1. The summed E-state index contributed by atoms with van der Waals surface area (Å²) in [5, 5.41) is 11.6. The lowest BCUT2D eigenvalue weighted by atomic mass is 10.2. The molecule has 0 saturated carbocycles. The summed E-state index contributed by atoms with van der Waals surface area (Å²) >= 11 is 0. The van der Waals surface area contributed by atoms with E-state index >= 15 is 0 Å². The van der Waals surface area contributed by atoms with Crippen LogP contribution in [0.1, 0.15) is 19.3 Å². The van der Waals surface area contributed by atoms with Crippen molar-refractivity contribution in [3.8, 4) is 6.07 Å². The average Bonchev–Trinajstić information content (AvgIpc) is 2.37. The van der Waals surface area contributed by atoms with Crippen molar-refractivity contribution in [1.29, 1.82) is 5.26 Å². The standard InChI is InChI=1S/C12H22N4O/c1-14-6-2-4-12(17)16-10-8-15(9-11-16)7-3-5-13/h14H,2-4,6-11H2,1H3. The highest BCUT2D eigenvalue weighted by atomic mass is 16.2. The molecule has 1 rings (SSSR count). The Morgan fingerprint density at radius 1 is 1.35 bits per heavy atom. The van der Waals surface area contributed by atoms with Crippen LogP contribution in [0.2, 0.25) is 0 Å². The highest BCUT2D eigenvalue weighted by Gasteiger charge is 2.19. The minimum absolute atomic E-state index is 0.264. The van der Waals surface area contributed by atoms with Crippen LogP contribution < -0.4 is 5.32 Å². The molecule has 0 aromatic heterocycles. The maximum Gasteiger partial charge on any atom is 0.222 e. The van der Waals surface area contributed by atoms with Crippen LogP contribution >= 0.6 is 0 Å². The lowest BCUT2D eigenvalue weighted by molar-refractivity contribution is -0.133. The monoisotopic (exact) mass is 238 g/mol. The van der Waals surface area contributed by atoms with E-state index in [9.17, 15) is 4.79 Å². The number of carbonyl (C=O) groups is 1. The van der Waals surface area contributed by atoms with E-state index in [1.54, 1.807) is 0 Å². The fourth-order valence-electron chi connectivity index (χ4n) is 2.00. The number of hydrogen-bond donors (Lipinski definition) is 1. The molecule has 17 heavy (non-hydrogen) atoms. The Morgan fingerprint density at radius 2 is 2.06 bits per heavy atom. The minimum atomic E-state index is 0.264. The Labute approximate surface area is 103 Å². The van der Waals surface area contributed by atoms with Crippen LogP contribution in [0.15, 0.2) is 0 Å². The number of hydrogen-bond acceptors (Lipinski definition) is 4. The highest BCUT2D eigenvalue weighted by molar-refractivity contribution is 5.76. The second-order valence-electron chi connectivity index (χ2n) is 4.34. The van der Waals surface area contributed by atoms with E-state index < -0.39 is 0 Å². The average molecular weight is 238 g/mol. The molecular weight excluding hydrogens is 216 g/mol. The minimum Gasteiger partial charge on any atom is -0.340 e. The lowest BCUT2D eigenvalue weighted by Crippen LogP contribution is -2.48. The summed E-state index contributed by atoms with van der Waals surface area (Å²) in [6.07, 6.45) is 2.12. The van der Waals surface area contributed by atoms with Crippen LogP contribution in [0.3, 0.4) is 0 Å². The van der Waals surface area contributed by atoms with Crippen LogP contribution in [0.25, 0.3) is 0 Å². The Hall–Kier alpha value is -1.12. The van der Waals surface area contributed by atoms with E-state index in [-0.39, 0.29) is 5.91 Å². The number of piperazine rings is 1. The van der Waals surface area contributed by atoms with Gasteiger partial charge in [0.15, 0.2) is 0 Å². The van der Waals surface area contributed by atoms with Crippen LogP contribution in [-0.2, 0) is 4.79 Å². The normalized spacial score (nSPS) is 16.8. The van der Waals surface area contributed by atoms with Crippen molar-refractivity contribution < 1.29 is 4.79 Å². The summed E-state index contributed by atoms with van der Waals surface area (Å²) in [5.41, 5.74) is 0. The van der Waals surface area contributed by atoms with Crippen molar-refractivity contribution in [2.75, 3.05) is 46.3 Å². The molecule has 0 aromatic carbocycles. The first-order chi connectivity index (χ1) is 8.27. The summed E-state index contributed by atoms with van der Waals surface area (Å²) in [5.74, 6) is 0.264. The second kappa shape index (κ2) is 8.04. The number of rotatable bonds is 6. The van der Waals surface area contributed by atoms with E-state index in [0.717, 1.165) is 45.7 Å².